The van der Waals surface area contributed by atoms with E-state index in [-0.39, 0.29) is 11.7 Å². The predicted molar refractivity (Wildman–Crippen MR) is 68.1 cm³/mol. The van der Waals surface area contributed by atoms with E-state index in [2.05, 4.69) is 15.3 Å². The zero-order chi connectivity index (χ0) is 13.0. The summed E-state index contributed by atoms with van der Waals surface area (Å²) in [6, 6.07) is 13.2. The van der Waals surface area contributed by atoms with Crippen LogP contribution in [0.4, 0.5) is 5.82 Å². The van der Waals surface area contributed by atoms with Gasteiger partial charge in [0.25, 0.3) is 0 Å². The number of nitriles is 1. The molecule has 1 heterocycles. The standard InChI is InChI=1S/C13H12N4O/c1-9(10-5-3-2-4-6-10)15-12-7-11(8-14)16-13(18)17-12/h2-7,9H,1H3,(H2,15,16,17,18). The second kappa shape index (κ2) is 5.15. The van der Waals surface area contributed by atoms with E-state index in [0.29, 0.717) is 5.82 Å². The lowest BCUT2D eigenvalue weighted by molar-refractivity contribution is 0.866. The van der Waals surface area contributed by atoms with Gasteiger partial charge >= 0.3 is 5.69 Å². The summed E-state index contributed by atoms with van der Waals surface area (Å²) in [6.45, 7) is 1.96. The molecule has 2 N–H and O–H groups in total. The van der Waals surface area contributed by atoms with E-state index >= 15 is 0 Å². The Hall–Kier alpha value is -2.61. The van der Waals surface area contributed by atoms with Crippen LogP contribution in [-0.2, 0) is 0 Å². The minimum absolute atomic E-state index is 0.00652. The van der Waals surface area contributed by atoms with Crippen molar-refractivity contribution in [1.82, 2.24) is 9.97 Å². The third kappa shape index (κ3) is 2.74. The first-order valence-electron chi connectivity index (χ1n) is 5.52. The first kappa shape index (κ1) is 11.9. The van der Waals surface area contributed by atoms with Gasteiger partial charge in [0.2, 0.25) is 0 Å². The van der Waals surface area contributed by atoms with Crippen molar-refractivity contribution in [1.29, 1.82) is 5.26 Å². The van der Waals surface area contributed by atoms with Crippen molar-refractivity contribution in [2.24, 2.45) is 0 Å². The molecule has 1 unspecified atom stereocenters. The molecular formula is C13H12N4O. The summed E-state index contributed by atoms with van der Waals surface area (Å²) < 4.78 is 0. The number of nitrogens with one attached hydrogen (secondary N) is 2. The summed E-state index contributed by atoms with van der Waals surface area (Å²) in [6.07, 6.45) is 0. The van der Waals surface area contributed by atoms with E-state index in [1.165, 1.54) is 6.07 Å². The fourth-order valence-electron chi connectivity index (χ4n) is 1.64. The molecule has 0 aliphatic carbocycles. The van der Waals surface area contributed by atoms with E-state index < -0.39 is 5.69 Å². The number of H-pyrrole nitrogens is 1. The van der Waals surface area contributed by atoms with Crippen LogP contribution >= 0.6 is 0 Å². The summed E-state index contributed by atoms with van der Waals surface area (Å²) in [4.78, 5) is 17.3. The van der Waals surface area contributed by atoms with Crippen molar-refractivity contribution < 1.29 is 0 Å². The quantitative estimate of drug-likeness (QED) is 0.857. The third-order valence-corrected chi connectivity index (χ3v) is 2.53. The first-order chi connectivity index (χ1) is 8.69. The molecule has 5 heteroatoms. The third-order valence-electron chi connectivity index (χ3n) is 2.53. The maximum Gasteiger partial charge on any atom is 0.347 e. The summed E-state index contributed by atoms with van der Waals surface area (Å²) >= 11 is 0. The minimum Gasteiger partial charge on any atom is -0.363 e. The molecule has 2 aromatic rings. The monoisotopic (exact) mass is 240 g/mol. The molecule has 0 saturated carbocycles. The molecule has 0 radical (unpaired) electrons. The average Bonchev–Trinajstić information content (AvgIpc) is 2.39. The Morgan fingerprint density at radius 1 is 1.39 bits per heavy atom. The highest BCUT2D eigenvalue weighted by Gasteiger charge is 2.06. The highest BCUT2D eigenvalue weighted by Crippen LogP contribution is 2.16. The molecule has 0 bridgehead atoms. The van der Waals surface area contributed by atoms with Gasteiger partial charge < -0.3 is 5.32 Å². The van der Waals surface area contributed by atoms with Gasteiger partial charge in [0, 0.05) is 12.1 Å². The first-order valence-corrected chi connectivity index (χ1v) is 5.52. The molecule has 1 aromatic carbocycles. The number of hydrogen-bond donors (Lipinski definition) is 2. The van der Waals surface area contributed by atoms with E-state index in [9.17, 15) is 4.79 Å². The van der Waals surface area contributed by atoms with Gasteiger partial charge in [-0.15, -0.1) is 0 Å². The smallest absolute Gasteiger partial charge is 0.347 e. The van der Waals surface area contributed by atoms with Crippen molar-refractivity contribution in [2.45, 2.75) is 13.0 Å². The Morgan fingerprint density at radius 3 is 2.78 bits per heavy atom. The molecule has 0 amide bonds. The van der Waals surface area contributed by atoms with Gasteiger partial charge in [-0.05, 0) is 12.5 Å². The van der Waals surface area contributed by atoms with Crippen LogP contribution in [0, 0.1) is 11.3 Å². The second-order valence-corrected chi connectivity index (χ2v) is 3.87. The lowest BCUT2D eigenvalue weighted by Crippen LogP contribution is -2.16. The van der Waals surface area contributed by atoms with Crippen LogP contribution in [0.1, 0.15) is 24.2 Å². The molecule has 0 aliphatic rings. The van der Waals surface area contributed by atoms with Crippen molar-refractivity contribution >= 4 is 5.82 Å². The number of hydrogen-bond acceptors (Lipinski definition) is 4. The normalized spacial score (nSPS) is 11.6. The molecular weight excluding hydrogens is 228 g/mol. The Balaban J connectivity index is 2.22. The fraction of sp³-hybridized carbons (Fsp3) is 0.154. The van der Waals surface area contributed by atoms with E-state index in [0.717, 1.165) is 5.56 Å². The number of aromatic amines is 1. The van der Waals surface area contributed by atoms with Gasteiger partial charge in [-0.1, -0.05) is 30.3 Å². The van der Waals surface area contributed by atoms with Gasteiger partial charge in [0.1, 0.15) is 17.6 Å². The molecule has 0 saturated heterocycles. The summed E-state index contributed by atoms with van der Waals surface area (Å²) in [5, 5.41) is 11.9. The zero-order valence-corrected chi connectivity index (χ0v) is 9.84. The lowest BCUT2D eigenvalue weighted by atomic mass is 10.1. The van der Waals surface area contributed by atoms with Gasteiger partial charge in [-0.3, -0.25) is 4.98 Å². The van der Waals surface area contributed by atoms with E-state index in [4.69, 9.17) is 5.26 Å². The van der Waals surface area contributed by atoms with Crippen LogP contribution in [0.15, 0.2) is 41.2 Å². The molecule has 0 aliphatic heterocycles. The maximum atomic E-state index is 11.2. The predicted octanol–water partition coefficient (Wildman–Crippen LogP) is 1.81. The lowest BCUT2D eigenvalue weighted by Gasteiger charge is -2.14. The highest BCUT2D eigenvalue weighted by molar-refractivity contribution is 5.41. The number of benzene rings is 1. The molecule has 1 atom stereocenters. The minimum atomic E-state index is -0.531. The maximum absolute atomic E-state index is 11.2. The largest absolute Gasteiger partial charge is 0.363 e. The second-order valence-electron chi connectivity index (χ2n) is 3.87. The molecule has 90 valence electrons. The summed E-state index contributed by atoms with van der Waals surface area (Å²) in [5.74, 6) is 0.395. The average molecular weight is 240 g/mol. The molecule has 1 aromatic heterocycles. The van der Waals surface area contributed by atoms with Crippen LogP contribution in [0.2, 0.25) is 0 Å². The van der Waals surface area contributed by atoms with Crippen molar-refractivity contribution in [2.75, 3.05) is 5.32 Å². The Kier molecular flexibility index (Phi) is 3.39. The van der Waals surface area contributed by atoms with Crippen LogP contribution in [0.5, 0.6) is 0 Å². The molecule has 18 heavy (non-hydrogen) atoms. The molecule has 5 nitrogen and oxygen atoms in total. The van der Waals surface area contributed by atoms with Gasteiger partial charge in [-0.25, -0.2) is 4.79 Å². The number of nitrogens with zero attached hydrogens (tertiary/aromatic N) is 2. The number of anilines is 1. The molecule has 2 rings (SSSR count). The number of aromatic nitrogens is 2. The van der Waals surface area contributed by atoms with Crippen LogP contribution < -0.4 is 11.0 Å². The van der Waals surface area contributed by atoms with Crippen molar-refractivity contribution in [3.63, 3.8) is 0 Å². The van der Waals surface area contributed by atoms with E-state index in [1.807, 2.05) is 43.3 Å². The van der Waals surface area contributed by atoms with Crippen molar-refractivity contribution in [3.8, 4) is 6.07 Å². The highest BCUT2D eigenvalue weighted by atomic mass is 16.1. The topological polar surface area (TPSA) is 81.6 Å². The molecule has 0 fully saturated rings. The summed E-state index contributed by atoms with van der Waals surface area (Å²) in [7, 11) is 0. The van der Waals surface area contributed by atoms with Crippen LogP contribution in [-0.4, -0.2) is 9.97 Å². The Labute approximate surface area is 104 Å². The fourth-order valence-corrected chi connectivity index (χ4v) is 1.64. The zero-order valence-electron chi connectivity index (χ0n) is 9.84. The van der Waals surface area contributed by atoms with Crippen LogP contribution in [0.3, 0.4) is 0 Å². The molecule has 0 spiro atoms. The Morgan fingerprint density at radius 2 is 2.11 bits per heavy atom. The van der Waals surface area contributed by atoms with Gasteiger partial charge in [0.15, 0.2) is 0 Å². The Bertz CT molecular complexity index is 627. The summed E-state index contributed by atoms with van der Waals surface area (Å²) in [5.41, 5.74) is 0.743. The number of rotatable bonds is 3. The van der Waals surface area contributed by atoms with Crippen molar-refractivity contribution in [3.05, 3.63) is 58.1 Å². The van der Waals surface area contributed by atoms with Gasteiger partial charge in [0.05, 0.1) is 0 Å². The van der Waals surface area contributed by atoms with Crippen LogP contribution in [0.25, 0.3) is 0 Å². The van der Waals surface area contributed by atoms with E-state index in [1.54, 1.807) is 0 Å². The SMILES string of the molecule is CC(Nc1cc(C#N)[nH]c(=O)n1)c1ccccc1. The van der Waals surface area contributed by atoms with Gasteiger partial charge in [-0.2, -0.15) is 10.2 Å².